The first-order chi connectivity index (χ1) is 14.6. The van der Waals surface area contributed by atoms with E-state index in [0.29, 0.717) is 18.1 Å². The van der Waals surface area contributed by atoms with Gasteiger partial charge in [-0.05, 0) is 67.6 Å². The fourth-order valence-corrected chi connectivity index (χ4v) is 4.67. The third kappa shape index (κ3) is 2.91. The molecule has 0 amide bonds. The molecule has 0 radical (unpaired) electrons. The van der Waals surface area contributed by atoms with E-state index in [-0.39, 0.29) is 0 Å². The smallest absolute Gasteiger partial charge is 0.232 e. The van der Waals surface area contributed by atoms with Crippen molar-refractivity contribution in [3.63, 3.8) is 0 Å². The Bertz CT molecular complexity index is 1330. The minimum Gasteiger partial charge on any atom is -0.477 e. The highest BCUT2D eigenvalue weighted by molar-refractivity contribution is 9.10. The number of ether oxygens (including phenoxy) is 1. The van der Waals surface area contributed by atoms with E-state index < -0.39 is 0 Å². The number of H-pyrrole nitrogens is 1. The molecule has 0 saturated carbocycles. The van der Waals surface area contributed by atoms with Crippen LogP contribution in [0.4, 0.5) is 0 Å². The number of hydrogen-bond acceptors (Lipinski definition) is 3. The fraction of sp³-hybridized carbons (Fsp3) is 0.200. The van der Waals surface area contributed by atoms with Gasteiger partial charge in [-0.1, -0.05) is 39.7 Å². The third-order valence-electron chi connectivity index (χ3n) is 5.71. The SMILES string of the molecule is CCOc1nc2c(c(-c3ccc(Br)cc3)c1C#N)CCc1c-2[nH]c2ccc(C)cc12. The summed E-state index contributed by atoms with van der Waals surface area (Å²) in [6.45, 7) is 4.49. The first kappa shape index (κ1) is 18.9. The molecule has 0 spiro atoms. The lowest BCUT2D eigenvalue weighted by Gasteiger charge is -2.22. The fourth-order valence-electron chi connectivity index (χ4n) is 4.40. The standard InChI is InChI=1S/C25H20BrN3O/c1-3-30-25-20(13-27)22(15-5-7-16(26)8-6-15)18-10-9-17-19-12-14(2)4-11-21(19)28-23(17)24(18)29-25/h4-8,11-12,28H,3,9-10H2,1-2H3. The van der Waals surface area contributed by atoms with E-state index in [0.717, 1.165) is 50.9 Å². The van der Waals surface area contributed by atoms with Gasteiger partial charge in [-0.2, -0.15) is 5.26 Å². The molecule has 2 aromatic heterocycles. The molecule has 1 N–H and O–H groups in total. The Morgan fingerprint density at radius 1 is 1.13 bits per heavy atom. The highest BCUT2D eigenvalue weighted by Gasteiger charge is 2.29. The van der Waals surface area contributed by atoms with Gasteiger partial charge in [0.1, 0.15) is 11.6 Å². The van der Waals surface area contributed by atoms with Crippen molar-refractivity contribution in [2.45, 2.75) is 26.7 Å². The molecule has 30 heavy (non-hydrogen) atoms. The molecule has 2 heterocycles. The monoisotopic (exact) mass is 457 g/mol. The first-order valence-corrected chi connectivity index (χ1v) is 10.9. The summed E-state index contributed by atoms with van der Waals surface area (Å²) >= 11 is 3.51. The summed E-state index contributed by atoms with van der Waals surface area (Å²) in [5.74, 6) is 0.402. The number of pyridine rings is 1. The predicted molar refractivity (Wildman–Crippen MR) is 123 cm³/mol. The van der Waals surface area contributed by atoms with E-state index in [2.05, 4.69) is 52.1 Å². The molecule has 0 atom stereocenters. The highest BCUT2D eigenvalue weighted by Crippen LogP contribution is 2.44. The van der Waals surface area contributed by atoms with E-state index in [1.165, 1.54) is 16.5 Å². The van der Waals surface area contributed by atoms with Crippen LogP contribution in [-0.2, 0) is 12.8 Å². The predicted octanol–water partition coefficient (Wildman–Crippen LogP) is 6.34. The number of fused-ring (bicyclic) bond motifs is 5. The molecule has 1 aliphatic carbocycles. The number of nitrogens with zero attached hydrogens (tertiary/aromatic N) is 2. The summed E-state index contributed by atoms with van der Waals surface area (Å²) in [6.07, 6.45) is 1.75. The normalized spacial score (nSPS) is 12.3. The molecule has 5 rings (SSSR count). The van der Waals surface area contributed by atoms with Crippen LogP contribution in [0.3, 0.4) is 0 Å². The second-order valence-electron chi connectivity index (χ2n) is 7.57. The largest absolute Gasteiger partial charge is 0.477 e. The van der Waals surface area contributed by atoms with E-state index in [9.17, 15) is 5.26 Å². The topological polar surface area (TPSA) is 61.7 Å². The van der Waals surface area contributed by atoms with Crippen LogP contribution in [0, 0.1) is 18.3 Å². The second-order valence-corrected chi connectivity index (χ2v) is 8.49. The maximum absolute atomic E-state index is 10.00. The van der Waals surface area contributed by atoms with Crippen LogP contribution in [0.5, 0.6) is 5.88 Å². The lowest BCUT2D eigenvalue weighted by atomic mass is 9.85. The number of nitriles is 1. The minimum atomic E-state index is 0.402. The molecular weight excluding hydrogens is 438 g/mol. The van der Waals surface area contributed by atoms with Crippen LogP contribution < -0.4 is 4.74 Å². The molecule has 148 valence electrons. The van der Waals surface area contributed by atoms with Gasteiger partial charge in [0.2, 0.25) is 5.88 Å². The summed E-state index contributed by atoms with van der Waals surface area (Å²) in [5.41, 5.74) is 9.14. The molecule has 0 unspecified atom stereocenters. The van der Waals surface area contributed by atoms with Crippen molar-refractivity contribution >= 4 is 26.8 Å². The van der Waals surface area contributed by atoms with Crippen molar-refractivity contribution in [3.05, 3.63) is 69.2 Å². The first-order valence-electron chi connectivity index (χ1n) is 10.1. The average Bonchev–Trinajstić information content (AvgIpc) is 3.12. The van der Waals surface area contributed by atoms with Gasteiger partial charge in [0.15, 0.2) is 0 Å². The van der Waals surface area contributed by atoms with Crippen molar-refractivity contribution in [2.24, 2.45) is 0 Å². The molecule has 5 heteroatoms. The van der Waals surface area contributed by atoms with Crippen molar-refractivity contribution in [1.29, 1.82) is 5.26 Å². The Balaban J connectivity index is 1.84. The van der Waals surface area contributed by atoms with Crippen molar-refractivity contribution < 1.29 is 4.74 Å². The van der Waals surface area contributed by atoms with Crippen LogP contribution in [0.25, 0.3) is 33.4 Å². The van der Waals surface area contributed by atoms with E-state index in [1.54, 1.807) is 0 Å². The number of hydrogen-bond donors (Lipinski definition) is 1. The molecule has 0 fully saturated rings. The maximum atomic E-state index is 10.00. The number of aryl methyl sites for hydroxylation is 2. The van der Waals surface area contributed by atoms with Crippen LogP contribution in [0.15, 0.2) is 46.9 Å². The molecule has 2 aromatic carbocycles. The third-order valence-corrected chi connectivity index (χ3v) is 6.24. The van der Waals surface area contributed by atoms with E-state index in [1.807, 2.05) is 31.2 Å². The summed E-state index contributed by atoms with van der Waals surface area (Å²) in [5, 5.41) is 11.3. The van der Waals surface area contributed by atoms with Gasteiger partial charge in [-0.25, -0.2) is 4.98 Å². The second kappa shape index (κ2) is 7.30. The summed E-state index contributed by atoms with van der Waals surface area (Å²) in [4.78, 5) is 8.44. The number of aromatic amines is 1. The summed E-state index contributed by atoms with van der Waals surface area (Å²) in [6, 6.07) is 16.9. The van der Waals surface area contributed by atoms with Gasteiger partial charge in [-0.15, -0.1) is 0 Å². The Morgan fingerprint density at radius 3 is 2.63 bits per heavy atom. The van der Waals surface area contributed by atoms with Crippen LogP contribution in [-0.4, -0.2) is 16.6 Å². The number of halogens is 1. The average molecular weight is 458 g/mol. The Morgan fingerprint density at radius 2 is 1.90 bits per heavy atom. The zero-order chi connectivity index (χ0) is 20.8. The molecule has 4 nitrogen and oxygen atoms in total. The van der Waals surface area contributed by atoms with Gasteiger partial charge in [0.25, 0.3) is 0 Å². The molecule has 0 aliphatic heterocycles. The molecule has 4 aromatic rings. The lowest BCUT2D eigenvalue weighted by Crippen LogP contribution is -2.11. The number of aromatic nitrogens is 2. The number of nitrogens with one attached hydrogen (secondary N) is 1. The van der Waals surface area contributed by atoms with Crippen molar-refractivity contribution in [3.8, 4) is 34.5 Å². The van der Waals surface area contributed by atoms with E-state index in [4.69, 9.17) is 9.72 Å². The highest BCUT2D eigenvalue weighted by atomic mass is 79.9. The summed E-state index contributed by atoms with van der Waals surface area (Å²) in [7, 11) is 0. The van der Waals surface area contributed by atoms with Gasteiger partial charge < -0.3 is 9.72 Å². The van der Waals surface area contributed by atoms with Gasteiger partial charge in [0, 0.05) is 20.9 Å². The molecular formula is C25H20BrN3O. The molecule has 0 bridgehead atoms. The van der Waals surface area contributed by atoms with Crippen LogP contribution in [0.2, 0.25) is 0 Å². The zero-order valence-electron chi connectivity index (χ0n) is 16.8. The zero-order valence-corrected chi connectivity index (χ0v) is 18.4. The summed E-state index contributed by atoms with van der Waals surface area (Å²) < 4.78 is 6.84. The molecule has 0 saturated heterocycles. The number of benzene rings is 2. The Labute approximate surface area is 183 Å². The Hall–Kier alpha value is -3.10. The quantitative estimate of drug-likeness (QED) is 0.390. The van der Waals surface area contributed by atoms with Crippen LogP contribution in [0.1, 0.15) is 29.2 Å². The minimum absolute atomic E-state index is 0.402. The van der Waals surface area contributed by atoms with Gasteiger partial charge >= 0.3 is 0 Å². The van der Waals surface area contributed by atoms with Crippen molar-refractivity contribution in [1.82, 2.24) is 9.97 Å². The Kier molecular flexibility index (Phi) is 4.60. The van der Waals surface area contributed by atoms with Gasteiger partial charge in [-0.3, -0.25) is 0 Å². The maximum Gasteiger partial charge on any atom is 0.232 e. The molecule has 1 aliphatic rings. The number of rotatable bonds is 3. The van der Waals surface area contributed by atoms with Crippen LogP contribution >= 0.6 is 15.9 Å². The van der Waals surface area contributed by atoms with Gasteiger partial charge in [0.05, 0.1) is 18.0 Å². The lowest BCUT2D eigenvalue weighted by molar-refractivity contribution is 0.326. The van der Waals surface area contributed by atoms with Crippen molar-refractivity contribution in [2.75, 3.05) is 6.61 Å². The van der Waals surface area contributed by atoms with E-state index >= 15 is 0 Å².